The van der Waals surface area contributed by atoms with Crippen LogP contribution in [0, 0.1) is 18.6 Å². The Bertz CT molecular complexity index is 584. The maximum absolute atomic E-state index is 13.2. The Hall–Kier alpha value is -0.930. The van der Waals surface area contributed by atoms with Crippen molar-refractivity contribution in [3.63, 3.8) is 0 Å². The molecule has 0 N–H and O–H groups in total. The van der Waals surface area contributed by atoms with E-state index >= 15 is 0 Å². The number of rotatable bonds is 2. The third-order valence-electron chi connectivity index (χ3n) is 2.71. The van der Waals surface area contributed by atoms with Gasteiger partial charge in [-0.25, -0.2) is 8.78 Å². The summed E-state index contributed by atoms with van der Waals surface area (Å²) in [5.41, 5.74) is 1.88. The van der Waals surface area contributed by atoms with Crippen LogP contribution in [0.5, 0.6) is 0 Å². The van der Waals surface area contributed by atoms with Crippen LogP contribution in [-0.4, -0.2) is 0 Å². The lowest BCUT2D eigenvalue weighted by atomic mass is 10.0. The van der Waals surface area contributed by atoms with E-state index in [9.17, 15) is 8.78 Å². The Balaban J connectivity index is 2.44. The fourth-order valence-corrected chi connectivity index (χ4v) is 2.64. The molecule has 0 spiro atoms. The van der Waals surface area contributed by atoms with Crippen molar-refractivity contribution >= 4 is 27.5 Å². The molecule has 2 rings (SSSR count). The average Bonchev–Trinajstić information content (AvgIpc) is 2.35. The largest absolute Gasteiger partial charge is 0.207 e. The van der Waals surface area contributed by atoms with Crippen molar-refractivity contribution in [2.24, 2.45) is 0 Å². The molecule has 0 aromatic heterocycles. The quantitative estimate of drug-likeness (QED) is 0.650. The van der Waals surface area contributed by atoms with E-state index in [0.717, 1.165) is 10.0 Å². The molecule has 1 unspecified atom stereocenters. The first kappa shape index (κ1) is 13.5. The predicted octanol–water partition coefficient (Wildman–Crippen LogP) is 5.36. The van der Waals surface area contributed by atoms with Crippen molar-refractivity contribution in [1.29, 1.82) is 0 Å². The highest BCUT2D eigenvalue weighted by molar-refractivity contribution is 9.10. The highest BCUT2D eigenvalue weighted by Crippen LogP contribution is 2.34. The minimum Gasteiger partial charge on any atom is -0.207 e. The van der Waals surface area contributed by atoms with Crippen LogP contribution in [0.15, 0.2) is 40.9 Å². The standard InChI is InChI=1S/C14H10BrClF2/c1-8-6-9(2-5-13(8)18)14(16)11-7-10(17)3-4-12(11)15/h2-7,14H,1H3. The van der Waals surface area contributed by atoms with E-state index in [0.29, 0.717) is 11.1 Å². The zero-order chi connectivity index (χ0) is 13.3. The summed E-state index contributed by atoms with van der Waals surface area (Å²) < 4.78 is 27.2. The van der Waals surface area contributed by atoms with Gasteiger partial charge in [0.1, 0.15) is 11.6 Å². The molecule has 0 aliphatic heterocycles. The van der Waals surface area contributed by atoms with E-state index in [2.05, 4.69) is 15.9 Å². The summed E-state index contributed by atoms with van der Waals surface area (Å²) in [6, 6.07) is 8.99. The monoisotopic (exact) mass is 330 g/mol. The lowest BCUT2D eigenvalue weighted by Gasteiger charge is -2.13. The number of benzene rings is 2. The predicted molar refractivity (Wildman–Crippen MR) is 72.9 cm³/mol. The maximum Gasteiger partial charge on any atom is 0.126 e. The van der Waals surface area contributed by atoms with Gasteiger partial charge in [0, 0.05) is 4.47 Å². The van der Waals surface area contributed by atoms with E-state index in [1.54, 1.807) is 25.1 Å². The van der Waals surface area contributed by atoms with Crippen LogP contribution in [0.2, 0.25) is 0 Å². The summed E-state index contributed by atoms with van der Waals surface area (Å²) >= 11 is 9.65. The fraction of sp³-hybridized carbons (Fsp3) is 0.143. The van der Waals surface area contributed by atoms with Gasteiger partial charge in [0.15, 0.2) is 0 Å². The Labute approximate surface area is 118 Å². The fourth-order valence-electron chi connectivity index (χ4n) is 1.71. The molecule has 0 bridgehead atoms. The summed E-state index contributed by atoms with van der Waals surface area (Å²) in [5, 5.41) is -0.519. The molecule has 0 nitrogen and oxygen atoms in total. The van der Waals surface area contributed by atoms with Crippen molar-refractivity contribution in [2.45, 2.75) is 12.3 Å². The number of halogens is 4. The first-order valence-corrected chi connectivity index (χ1v) is 6.57. The molecule has 0 radical (unpaired) electrons. The summed E-state index contributed by atoms with van der Waals surface area (Å²) in [5.74, 6) is -0.626. The summed E-state index contributed by atoms with van der Waals surface area (Å²) in [6.07, 6.45) is 0. The molecule has 0 fully saturated rings. The Morgan fingerprint density at radius 2 is 1.83 bits per heavy atom. The number of alkyl halides is 1. The van der Waals surface area contributed by atoms with Crippen molar-refractivity contribution in [1.82, 2.24) is 0 Å². The number of aryl methyl sites for hydroxylation is 1. The Morgan fingerprint density at radius 1 is 1.11 bits per heavy atom. The summed E-state index contributed by atoms with van der Waals surface area (Å²) in [7, 11) is 0. The van der Waals surface area contributed by atoms with Gasteiger partial charge in [0.25, 0.3) is 0 Å². The first-order valence-electron chi connectivity index (χ1n) is 5.34. The molecule has 0 amide bonds. The summed E-state index contributed by atoms with van der Waals surface area (Å²) in [6.45, 7) is 1.67. The van der Waals surface area contributed by atoms with Crippen LogP contribution < -0.4 is 0 Å². The van der Waals surface area contributed by atoms with E-state index in [1.165, 1.54) is 18.2 Å². The van der Waals surface area contributed by atoms with Crippen molar-refractivity contribution in [3.8, 4) is 0 Å². The topological polar surface area (TPSA) is 0 Å². The molecule has 2 aromatic carbocycles. The molecular formula is C14H10BrClF2. The van der Waals surface area contributed by atoms with Gasteiger partial charge in [-0.05, 0) is 47.9 Å². The van der Waals surface area contributed by atoms with E-state index in [4.69, 9.17) is 11.6 Å². The van der Waals surface area contributed by atoms with Gasteiger partial charge in [-0.2, -0.15) is 0 Å². The molecule has 0 saturated heterocycles. The van der Waals surface area contributed by atoms with Crippen molar-refractivity contribution < 1.29 is 8.78 Å². The van der Waals surface area contributed by atoms with Crippen LogP contribution in [-0.2, 0) is 0 Å². The van der Waals surface area contributed by atoms with Gasteiger partial charge in [-0.3, -0.25) is 0 Å². The molecule has 0 saturated carbocycles. The smallest absolute Gasteiger partial charge is 0.126 e. The molecule has 2 aromatic rings. The third-order valence-corrected chi connectivity index (χ3v) is 3.91. The van der Waals surface area contributed by atoms with Gasteiger partial charge >= 0.3 is 0 Å². The minimum absolute atomic E-state index is 0.277. The molecule has 4 heteroatoms. The third kappa shape index (κ3) is 2.73. The van der Waals surface area contributed by atoms with Crippen molar-refractivity contribution in [3.05, 3.63) is 69.2 Å². The lowest BCUT2D eigenvalue weighted by Crippen LogP contribution is -1.97. The second-order valence-corrected chi connectivity index (χ2v) is 5.33. The molecule has 94 valence electrons. The van der Waals surface area contributed by atoms with Gasteiger partial charge in [-0.15, -0.1) is 11.6 Å². The van der Waals surface area contributed by atoms with E-state index in [1.807, 2.05) is 0 Å². The number of hydrogen-bond donors (Lipinski definition) is 0. The van der Waals surface area contributed by atoms with Gasteiger partial charge in [0.2, 0.25) is 0 Å². The molecular weight excluding hydrogens is 322 g/mol. The van der Waals surface area contributed by atoms with E-state index in [-0.39, 0.29) is 11.6 Å². The first-order chi connectivity index (χ1) is 8.49. The van der Waals surface area contributed by atoms with Crippen LogP contribution in [0.4, 0.5) is 8.78 Å². The van der Waals surface area contributed by atoms with Gasteiger partial charge in [0.05, 0.1) is 5.38 Å². The zero-order valence-electron chi connectivity index (χ0n) is 9.55. The number of hydrogen-bond acceptors (Lipinski definition) is 0. The Morgan fingerprint density at radius 3 is 2.50 bits per heavy atom. The second kappa shape index (κ2) is 5.37. The van der Waals surface area contributed by atoms with Crippen molar-refractivity contribution in [2.75, 3.05) is 0 Å². The van der Waals surface area contributed by atoms with Gasteiger partial charge < -0.3 is 0 Å². The SMILES string of the molecule is Cc1cc(C(Cl)c2cc(F)ccc2Br)ccc1F. The van der Waals surface area contributed by atoms with Gasteiger partial charge in [-0.1, -0.05) is 28.1 Å². The maximum atomic E-state index is 13.2. The van der Waals surface area contributed by atoms with Crippen LogP contribution in [0.25, 0.3) is 0 Å². The van der Waals surface area contributed by atoms with Crippen LogP contribution >= 0.6 is 27.5 Å². The molecule has 0 aliphatic rings. The average molecular weight is 332 g/mol. The highest BCUT2D eigenvalue weighted by atomic mass is 79.9. The van der Waals surface area contributed by atoms with Crippen LogP contribution in [0.3, 0.4) is 0 Å². The van der Waals surface area contributed by atoms with Crippen LogP contribution in [0.1, 0.15) is 22.1 Å². The van der Waals surface area contributed by atoms with E-state index < -0.39 is 5.38 Å². The lowest BCUT2D eigenvalue weighted by molar-refractivity contribution is 0.617. The molecule has 18 heavy (non-hydrogen) atoms. The Kier molecular flexibility index (Phi) is 4.03. The zero-order valence-corrected chi connectivity index (χ0v) is 11.9. The highest BCUT2D eigenvalue weighted by Gasteiger charge is 2.15. The molecule has 0 aliphatic carbocycles. The summed E-state index contributed by atoms with van der Waals surface area (Å²) in [4.78, 5) is 0. The molecule has 0 heterocycles. The normalized spacial score (nSPS) is 12.5. The second-order valence-electron chi connectivity index (χ2n) is 4.04. The molecule has 1 atom stereocenters. The minimum atomic E-state index is -0.519.